The van der Waals surface area contributed by atoms with Gasteiger partial charge in [-0.3, -0.25) is 5.32 Å². The molecule has 0 aliphatic carbocycles. The minimum atomic E-state index is -0.732. The molecule has 1 amide bonds. The summed E-state index contributed by atoms with van der Waals surface area (Å²) in [6.07, 6.45) is -0.732. The molecule has 0 saturated carbocycles. The van der Waals surface area contributed by atoms with Crippen molar-refractivity contribution in [1.29, 1.82) is 0 Å². The second-order valence-electron chi connectivity index (χ2n) is 3.75. The number of hydrogen-bond acceptors (Lipinski definition) is 4. The van der Waals surface area contributed by atoms with E-state index in [0.717, 1.165) is 0 Å². The van der Waals surface area contributed by atoms with Crippen molar-refractivity contribution in [2.75, 3.05) is 7.11 Å². The number of hydrogen-bond donors (Lipinski definition) is 1. The van der Waals surface area contributed by atoms with Gasteiger partial charge in [-0.1, -0.05) is 0 Å². The van der Waals surface area contributed by atoms with E-state index in [0.29, 0.717) is 0 Å². The van der Waals surface area contributed by atoms with Crippen LogP contribution in [0.2, 0.25) is 0 Å². The summed E-state index contributed by atoms with van der Waals surface area (Å²) in [5.41, 5.74) is -0.693. The highest BCUT2D eigenvalue weighted by atomic mass is 79.9. The van der Waals surface area contributed by atoms with Crippen molar-refractivity contribution in [2.45, 2.75) is 26.4 Å². The predicted molar refractivity (Wildman–Crippen MR) is 66.3 cm³/mol. The lowest BCUT2D eigenvalue weighted by Gasteiger charge is -2.20. The fraction of sp³-hybridized carbons (Fsp3) is 0.556. The molecule has 0 fully saturated rings. The SMILES string of the molecule is COC(=O)C(NC(=O)OC(C)(C)C)=C(Br)Br. The zero-order valence-corrected chi connectivity index (χ0v) is 12.6. The summed E-state index contributed by atoms with van der Waals surface area (Å²) in [5, 5.41) is 2.27. The predicted octanol–water partition coefficient (Wildman–Crippen LogP) is 2.64. The van der Waals surface area contributed by atoms with E-state index in [1.807, 2.05) is 0 Å². The summed E-state index contributed by atoms with van der Waals surface area (Å²) < 4.78 is 9.73. The normalized spacial score (nSPS) is 10.4. The van der Waals surface area contributed by atoms with Gasteiger partial charge in [0.15, 0.2) is 5.70 Å². The fourth-order valence-corrected chi connectivity index (χ4v) is 1.21. The molecule has 0 rings (SSSR count). The van der Waals surface area contributed by atoms with Gasteiger partial charge in [0, 0.05) is 0 Å². The molecular formula is C9H13Br2NO4. The number of amides is 1. The van der Waals surface area contributed by atoms with Crippen molar-refractivity contribution in [3.63, 3.8) is 0 Å². The summed E-state index contributed by atoms with van der Waals surface area (Å²) in [4.78, 5) is 22.6. The maximum Gasteiger partial charge on any atom is 0.412 e. The van der Waals surface area contributed by atoms with Crippen LogP contribution in [-0.2, 0) is 14.3 Å². The molecule has 0 aromatic carbocycles. The second kappa shape index (κ2) is 6.24. The Bertz CT molecular complexity index is 316. The Morgan fingerprint density at radius 1 is 1.19 bits per heavy atom. The third-order valence-corrected chi connectivity index (χ3v) is 2.00. The molecular weight excluding hydrogens is 346 g/mol. The Balaban J connectivity index is 4.63. The highest BCUT2D eigenvalue weighted by Gasteiger charge is 2.21. The van der Waals surface area contributed by atoms with Crippen LogP contribution in [0.1, 0.15) is 20.8 Å². The van der Waals surface area contributed by atoms with Crippen LogP contribution in [-0.4, -0.2) is 24.8 Å². The maximum absolute atomic E-state index is 11.4. The maximum atomic E-state index is 11.4. The first kappa shape index (κ1) is 15.4. The van der Waals surface area contributed by atoms with Gasteiger partial charge in [-0.15, -0.1) is 0 Å². The van der Waals surface area contributed by atoms with Gasteiger partial charge in [0.05, 0.1) is 10.5 Å². The molecule has 0 aromatic heterocycles. The summed E-state index contributed by atoms with van der Waals surface area (Å²) in [6.45, 7) is 5.16. The molecule has 0 aromatic rings. The summed E-state index contributed by atoms with van der Waals surface area (Å²) >= 11 is 6.03. The second-order valence-corrected chi connectivity index (χ2v) is 6.40. The van der Waals surface area contributed by atoms with E-state index in [1.165, 1.54) is 7.11 Å². The van der Waals surface area contributed by atoms with Gasteiger partial charge >= 0.3 is 12.1 Å². The molecule has 0 saturated heterocycles. The van der Waals surface area contributed by atoms with Crippen LogP contribution in [0.5, 0.6) is 0 Å². The molecule has 0 aliphatic heterocycles. The van der Waals surface area contributed by atoms with E-state index in [1.54, 1.807) is 20.8 Å². The first-order valence-corrected chi connectivity index (χ1v) is 5.89. The van der Waals surface area contributed by atoms with Gasteiger partial charge in [-0.25, -0.2) is 9.59 Å². The zero-order valence-electron chi connectivity index (χ0n) is 9.39. The zero-order chi connectivity index (χ0) is 12.9. The largest absolute Gasteiger partial charge is 0.464 e. The van der Waals surface area contributed by atoms with E-state index in [2.05, 4.69) is 41.9 Å². The standard InChI is InChI=1S/C9H13Br2NO4/c1-9(2,3)16-8(14)12-5(6(10)11)7(13)15-4/h1-4H3,(H,12,14). The van der Waals surface area contributed by atoms with Crippen LogP contribution < -0.4 is 5.32 Å². The number of rotatable bonds is 2. The van der Waals surface area contributed by atoms with Crippen molar-refractivity contribution in [3.8, 4) is 0 Å². The van der Waals surface area contributed by atoms with Gasteiger partial charge in [0.1, 0.15) is 5.60 Å². The minimum absolute atomic E-state index is 0.0586. The molecule has 16 heavy (non-hydrogen) atoms. The van der Waals surface area contributed by atoms with Crippen molar-refractivity contribution >= 4 is 43.9 Å². The minimum Gasteiger partial charge on any atom is -0.464 e. The number of carbonyl (C=O) groups excluding carboxylic acids is 2. The van der Waals surface area contributed by atoms with E-state index >= 15 is 0 Å². The number of carbonyl (C=O) groups is 2. The monoisotopic (exact) mass is 357 g/mol. The van der Waals surface area contributed by atoms with Crippen LogP contribution in [0.25, 0.3) is 0 Å². The third kappa shape index (κ3) is 6.12. The summed E-state index contributed by atoms with van der Waals surface area (Å²) in [5.74, 6) is -0.686. The van der Waals surface area contributed by atoms with E-state index in [9.17, 15) is 9.59 Å². The van der Waals surface area contributed by atoms with Crippen molar-refractivity contribution in [1.82, 2.24) is 5.32 Å². The Kier molecular flexibility index (Phi) is 6.02. The Morgan fingerprint density at radius 3 is 2.00 bits per heavy atom. The van der Waals surface area contributed by atoms with Gasteiger partial charge in [-0.2, -0.15) is 0 Å². The average Bonchev–Trinajstić information content (AvgIpc) is 2.09. The highest BCUT2D eigenvalue weighted by Crippen LogP contribution is 2.19. The smallest absolute Gasteiger partial charge is 0.412 e. The lowest BCUT2D eigenvalue weighted by Crippen LogP contribution is -2.34. The molecule has 0 atom stereocenters. The first-order chi connectivity index (χ1) is 7.17. The molecule has 0 unspecified atom stereocenters. The number of nitrogens with one attached hydrogen (secondary N) is 1. The molecule has 0 heterocycles. The molecule has 5 nitrogen and oxygen atoms in total. The van der Waals surface area contributed by atoms with E-state index < -0.39 is 17.7 Å². The van der Waals surface area contributed by atoms with Crippen LogP contribution >= 0.6 is 31.9 Å². The molecule has 0 bridgehead atoms. The number of esters is 1. The summed E-state index contributed by atoms with van der Waals surface area (Å²) in [7, 11) is 1.21. The Hall–Kier alpha value is -0.560. The first-order valence-electron chi connectivity index (χ1n) is 4.31. The Morgan fingerprint density at radius 2 is 1.69 bits per heavy atom. The molecule has 7 heteroatoms. The quantitative estimate of drug-likeness (QED) is 0.608. The van der Waals surface area contributed by atoms with Gasteiger partial charge in [0.25, 0.3) is 0 Å². The highest BCUT2D eigenvalue weighted by molar-refractivity contribution is 9.28. The van der Waals surface area contributed by atoms with Crippen LogP contribution in [0.15, 0.2) is 9.09 Å². The number of halogens is 2. The topological polar surface area (TPSA) is 64.6 Å². The van der Waals surface area contributed by atoms with Crippen molar-refractivity contribution in [2.24, 2.45) is 0 Å². The lowest BCUT2D eigenvalue weighted by molar-refractivity contribution is -0.136. The average molecular weight is 359 g/mol. The van der Waals surface area contributed by atoms with Crippen LogP contribution in [0, 0.1) is 0 Å². The lowest BCUT2D eigenvalue weighted by atomic mass is 10.2. The number of alkyl carbamates (subject to hydrolysis) is 1. The van der Waals surface area contributed by atoms with Gasteiger partial charge in [0.2, 0.25) is 0 Å². The molecule has 92 valence electrons. The van der Waals surface area contributed by atoms with Gasteiger partial charge < -0.3 is 9.47 Å². The van der Waals surface area contributed by atoms with Crippen LogP contribution in [0.3, 0.4) is 0 Å². The van der Waals surface area contributed by atoms with Crippen molar-refractivity contribution in [3.05, 3.63) is 9.09 Å². The van der Waals surface area contributed by atoms with E-state index in [-0.39, 0.29) is 9.09 Å². The number of methoxy groups -OCH3 is 1. The Labute approximate surface area is 111 Å². The van der Waals surface area contributed by atoms with Crippen molar-refractivity contribution < 1.29 is 19.1 Å². The fourth-order valence-electron chi connectivity index (χ4n) is 0.683. The van der Waals surface area contributed by atoms with E-state index in [4.69, 9.17) is 4.74 Å². The molecule has 0 radical (unpaired) electrons. The summed E-state index contributed by atoms with van der Waals surface area (Å²) in [6, 6.07) is 0. The number of ether oxygens (including phenoxy) is 2. The molecule has 0 spiro atoms. The molecule has 0 aliphatic rings. The van der Waals surface area contributed by atoms with Crippen LogP contribution in [0.4, 0.5) is 4.79 Å². The van der Waals surface area contributed by atoms with Gasteiger partial charge in [-0.05, 0) is 52.6 Å². The molecule has 1 N–H and O–H groups in total. The third-order valence-electron chi connectivity index (χ3n) is 1.20.